The van der Waals surface area contributed by atoms with Crippen LogP contribution in [-0.4, -0.2) is 45.5 Å². The highest BCUT2D eigenvalue weighted by molar-refractivity contribution is 7.90. The summed E-state index contributed by atoms with van der Waals surface area (Å²) >= 11 is 6.08. The first-order valence-electron chi connectivity index (χ1n) is 6.97. The first-order chi connectivity index (χ1) is 11.2. The zero-order valence-electron chi connectivity index (χ0n) is 12.5. The zero-order chi connectivity index (χ0) is 17.6. The van der Waals surface area contributed by atoms with Gasteiger partial charge in [-0.1, -0.05) is 11.6 Å². The van der Waals surface area contributed by atoms with E-state index >= 15 is 0 Å². The van der Waals surface area contributed by atoms with Crippen LogP contribution in [0, 0.1) is 0 Å². The molecule has 1 aliphatic rings. The zero-order valence-corrected chi connectivity index (χ0v) is 14.1. The Kier molecular flexibility index (Phi) is 3.96. The summed E-state index contributed by atoms with van der Waals surface area (Å²) in [5.74, 6) is -1.30. The molecule has 1 aliphatic carbocycles. The first-order valence-corrected chi connectivity index (χ1v) is 9.24. The fourth-order valence-corrected chi connectivity index (χ4v) is 3.64. The number of halogens is 1. The van der Waals surface area contributed by atoms with Gasteiger partial charge >= 0.3 is 11.7 Å². The lowest BCUT2D eigenvalue weighted by Gasteiger charge is -2.11. The summed E-state index contributed by atoms with van der Waals surface area (Å²) in [6.07, 6.45) is 2.65. The molecule has 1 fully saturated rings. The van der Waals surface area contributed by atoms with E-state index in [4.69, 9.17) is 16.7 Å². The number of carbonyl (C=O) groups is 1. The average molecular weight is 373 g/mol. The number of hydrogen-bond donors (Lipinski definition) is 1. The van der Waals surface area contributed by atoms with E-state index in [0.29, 0.717) is 0 Å². The van der Waals surface area contributed by atoms with Crippen LogP contribution in [0.2, 0.25) is 5.02 Å². The molecule has 0 spiro atoms. The first kappa shape index (κ1) is 16.7. The number of rotatable bonds is 5. The topological polar surface area (TPSA) is 124 Å². The predicted molar refractivity (Wildman–Crippen MR) is 83.2 cm³/mol. The minimum atomic E-state index is -3.68. The Morgan fingerprint density at radius 1 is 1.38 bits per heavy atom. The van der Waals surface area contributed by atoms with Crippen molar-refractivity contribution in [3.05, 3.63) is 38.8 Å². The highest BCUT2D eigenvalue weighted by Gasteiger charge is 2.29. The van der Waals surface area contributed by atoms with Crippen LogP contribution in [0.1, 0.15) is 34.8 Å². The minimum Gasteiger partial charge on any atom is -0.478 e. The molecule has 24 heavy (non-hydrogen) atoms. The summed E-state index contributed by atoms with van der Waals surface area (Å²) in [5, 5.41) is 16.4. The number of carboxylic acid groups (broad SMARTS) is 1. The van der Waals surface area contributed by atoms with E-state index in [1.807, 2.05) is 0 Å². The Bertz CT molecular complexity index is 990. The predicted octanol–water partition coefficient (Wildman–Crippen LogP) is 0.578. The molecular weight excluding hydrogens is 360 g/mol. The van der Waals surface area contributed by atoms with Gasteiger partial charge in [-0.05, 0) is 35.4 Å². The Balaban J connectivity index is 2.13. The number of aromatic nitrogens is 4. The summed E-state index contributed by atoms with van der Waals surface area (Å²) < 4.78 is 26.1. The van der Waals surface area contributed by atoms with Gasteiger partial charge in [-0.25, -0.2) is 18.0 Å². The second-order valence-electron chi connectivity index (χ2n) is 5.58. The molecule has 1 heterocycles. The Hall–Kier alpha value is -2.20. The van der Waals surface area contributed by atoms with E-state index in [2.05, 4.69) is 10.4 Å². The largest absolute Gasteiger partial charge is 0.478 e. The van der Waals surface area contributed by atoms with Crippen molar-refractivity contribution in [2.24, 2.45) is 0 Å². The number of sulfone groups is 1. The van der Waals surface area contributed by atoms with Crippen LogP contribution in [0.5, 0.6) is 0 Å². The average Bonchev–Trinajstić information content (AvgIpc) is 3.25. The lowest BCUT2D eigenvalue weighted by Crippen LogP contribution is -2.26. The third-order valence-electron chi connectivity index (χ3n) is 3.69. The highest BCUT2D eigenvalue weighted by Crippen LogP contribution is 2.32. The summed E-state index contributed by atoms with van der Waals surface area (Å²) in [6.45, 7) is -0.284. The molecule has 1 saturated carbocycles. The molecule has 3 rings (SSSR count). The molecular formula is C13H13ClN4O5S. The second kappa shape index (κ2) is 5.71. The van der Waals surface area contributed by atoms with Crippen molar-refractivity contribution in [2.45, 2.75) is 30.3 Å². The molecule has 0 atom stereocenters. The van der Waals surface area contributed by atoms with Gasteiger partial charge in [-0.15, -0.1) is 0 Å². The van der Waals surface area contributed by atoms with Crippen LogP contribution in [0.3, 0.4) is 0 Å². The summed E-state index contributed by atoms with van der Waals surface area (Å²) in [7, 11) is -3.68. The summed E-state index contributed by atoms with van der Waals surface area (Å²) in [5.41, 5.74) is -0.737. The molecule has 11 heteroatoms. The van der Waals surface area contributed by atoms with Crippen molar-refractivity contribution >= 4 is 27.4 Å². The highest BCUT2D eigenvalue weighted by atomic mass is 35.5. The van der Waals surface area contributed by atoms with E-state index in [-0.39, 0.29) is 33.6 Å². The Labute approximate surface area is 141 Å². The Morgan fingerprint density at radius 2 is 2.04 bits per heavy atom. The fourth-order valence-electron chi connectivity index (χ4n) is 2.35. The van der Waals surface area contributed by atoms with E-state index in [1.165, 1.54) is 4.68 Å². The van der Waals surface area contributed by atoms with Crippen molar-refractivity contribution < 1.29 is 18.3 Å². The van der Waals surface area contributed by atoms with Gasteiger partial charge in [0, 0.05) is 11.8 Å². The number of nitrogens with zero attached hydrogens (tertiary/aromatic N) is 4. The van der Waals surface area contributed by atoms with E-state index in [0.717, 1.165) is 35.9 Å². The van der Waals surface area contributed by atoms with Crippen LogP contribution in [0.15, 0.2) is 21.8 Å². The maximum absolute atomic E-state index is 12.2. The van der Waals surface area contributed by atoms with Gasteiger partial charge in [0.05, 0.1) is 28.1 Å². The maximum atomic E-state index is 12.2. The van der Waals surface area contributed by atoms with Crippen molar-refractivity contribution in [1.82, 2.24) is 19.8 Å². The molecule has 0 radical (unpaired) electrons. The smallest absolute Gasteiger partial charge is 0.364 e. The van der Waals surface area contributed by atoms with Gasteiger partial charge in [0.1, 0.15) is 0 Å². The van der Waals surface area contributed by atoms with Gasteiger partial charge < -0.3 is 5.11 Å². The molecule has 1 N–H and O–H groups in total. The van der Waals surface area contributed by atoms with Crippen LogP contribution in [-0.2, 0) is 16.4 Å². The number of aromatic carboxylic acids is 1. The molecule has 1 aromatic heterocycles. The van der Waals surface area contributed by atoms with Gasteiger partial charge in [0.15, 0.2) is 9.84 Å². The normalized spacial score (nSPS) is 14.8. The van der Waals surface area contributed by atoms with Crippen molar-refractivity contribution in [1.29, 1.82) is 0 Å². The summed E-state index contributed by atoms with van der Waals surface area (Å²) in [6, 6.07) is 2.30. The molecule has 9 nitrogen and oxygen atoms in total. The molecule has 128 valence electrons. The van der Waals surface area contributed by atoms with Crippen LogP contribution < -0.4 is 5.69 Å². The molecule has 0 saturated heterocycles. The monoisotopic (exact) mass is 372 g/mol. The third-order valence-corrected chi connectivity index (χ3v) is 5.30. The van der Waals surface area contributed by atoms with Crippen molar-refractivity contribution in [2.75, 3.05) is 6.26 Å². The van der Waals surface area contributed by atoms with Gasteiger partial charge in [0.25, 0.3) is 0 Å². The molecule has 0 bridgehead atoms. The van der Waals surface area contributed by atoms with Gasteiger partial charge in [-0.3, -0.25) is 0 Å². The van der Waals surface area contributed by atoms with Crippen LogP contribution >= 0.6 is 11.6 Å². The summed E-state index contributed by atoms with van der Waals surface area (Å²) in [4.78, 5) is 23.3. The maximum Gasteiger partial charge on any atom is 0.364 e. The van der Waals surface area contributed by atoms with Gasteiger partial charge in [0.2, 0.25) is 0 Å². The van der Waals surface area contributed by atoms with E-state index in [9.17, 15) is 18.0 Å². The van der Waals surface area contributed by atoms with E-state index in [1.54, 1.807) is 0 Å². The molecule has 2 aromatic rings. The minimum absolute atomic E-state index is 0.00372. The fraction of sp³-hybridized carbons (Fsp3) is 0.385. The second-order valence-corrected chi connectivity index (χ2v) is 7.94. The van der Waals surface area contributed by atoms with Crippen molar-refractivity contribution in [3.63, 3.8) is 0 Å². The lowest BCUT2D eigenvalue weighted by molar-refractivity contribution is 0.0697. The molecule has 0 aliphatic heterocycles. The number of carboxylic acids is 1. The van der Waals surface area contributed by atoms with Crippen LogP contribution in [0.25, 0.3) is 0 Å². The number of tetrazole rings is 1. The quantitative estimate of drug-likeness (QED) is 0.813. The Morgan fingerprint density at radius 3 is 2.58 bits per heavy atom. The lowest BCUT2D eigenvalue weighted by atomic mass is 10.1. The molecule has 0 amide bonds. The van der Waals surface area contributed by atoms with E-state index < -0.39 is 21.5 Å². The molecule has 1 aromatic carbocycles. The number of benzene rings is 1. The van der Waals surface area contributed by atoms with Crippen LogP contribution in [0.4, 0.5) is 0 Å². The third kappa shape index (κ3) is 2.94. The molecule has 0 unspecified atom stereocenters. The number of hydrogen-bond acceptors (Lipinski definition) is 6. The SMILES string of the molecule is CS(=O)(=O)c1ccc(C(=O)O)c(Cl)c1Cn1nnn(C2CC2)c1=O. The van der Waals surface area contributed by atoms with Crippen molar-refractivity contribution in [3.8, 4) is 0 Å². The standard InChI is InChI=1S/C13H13ClN4O5S/c1-24(22,23)10-5-4-8(12(19)20)11(14)9(10)6-17-13(21)18(16-15-17)7-2-3-7/h4-5,7H,2-3,6H2,1H3,(H,19,20). The van der Waals surface area contributed by atoms with Gasteiger partial charge in [-0.2, -0.15) is 9.36 Å².